The number of hydrogen-bond acceptors (Lipinski definition) is 4. The Balaban J connectivity index is 1.80. The molecule has 0 spiro atoms. The second-order valence-electron chi connectivity index (χ2n) is 5.25. The first-order chi connectivity index (χ1) is 11.3. The van der Waals surface area contributed by atoms with Gasteiger partial charge in [0.15, 0.2) is 0 Å². The van der Waals surface area contributed by atoms with E-state index >= 15 is 0 Å². The number of hydrogen-bond donors (Lipinski definition) is 1. The third-order valence-electron chi connectivity index (χ3n) is 3.68. The van der Waals surface area contributed by atoms with Crippen LogP contribution in [0.3, 0.4) is 0 Å². The van der Waals surface area contributed by atoms with Gasteiger partial charge < -0.3 is 10.1 Å². The number of methoxy groups -OCH3 is 1. The van der Waals surface area contributed by atoms with Crippen LogP contribution in [0.1, 0.15) is 17.5 Å². The SMILES string of the molecule is COc1ccc(Br)c(CSc2ccccc2C2=NCCCN2)c1. The molecular formula is C18H19BrN2OS. The predicted octanol–water partition coefficient (Wildman–Crippen LogP) is 4.49. The molecule has 1 aliphatic rings. The van der Waals surface area contributed by atoms with E-state index in [1.54, 1.807) is 7.11 Å². The van der Waals surface area contributed by atoms with Gasteiger partial charge in [0.1, 0.15) is 11.6 Å². The highest BCUT2D eigenvalue weighted by Gasteiger charge is 2.12. The van der Waals surface area contributed by atoms with Gasteiger partial charge in [-0.25, -0.2) is 0 Å². The van der Waals surface area contributed by atoms with Crippen molar-refractivity contribution < 1.29 is 4.74 Å². The molecular weight excluding hydrogens is 372 g/mol. The van der Waals surface area contributed by atoms with Gasteiger partial charge >= 0.3 is 0 Å². The first-order valence-corrected chi connectivity index (χ1v) is 9.39. The molecule has 0 fully saturated rings. The zero-order valence-corrected chi connectivity index (χ0v) is 15.4. The van der Waals surface area contributed by atoms with E-state index in [4.69, 9.17) is 4.74 Å². The van der Waals surface area contributed by atoms with Gasteiger partial charge in [0.05, 0.1) is 7.11 Å². The normalized spacial score (nSPS) is 14.1. The quantitative estimate of drug-likeness (QED) is 0.763. The standard InChI is InChI=1S/C18H19BrN2OS/c1-22-14-7-8-16(19)13(11-14)12-23-17-6-3-2-5-15(17)18-20-9-4-10-21-18/h2-3,5-8,11H,4,9-10,12H2,1H3,(H,20,21). The van der Waals surface area contributed by atoms with Crippen molar-refractivity contribution in [2.75, 3.05) is 20.2 Å². The van der Waals surface area contributed by atoms with E-state index in [2.05, 4.69) is 56.6 Å². The van der Waals surface area contributed by atoms with Crippen molar-refractivity contribution in [1.82, 2.24) is 5.32 Å². The number of thioether (sulfide) groups is 1. The van der Waals surface area contributed by atoms with E-state index in [0.29, 0.717) is 0 Å². The molecule has 23 heavy (non-hydrogen) atoms. The van der Waals surface area contributed by atoms with E-state index < -0.39 is 0 Å². The number of halogens is 1. The Morgan fingerprint density at radius 2 is 2.13 bits per heavy atom. The summed E-state index contributed by atoms with van der Waals surface area (Å²) in [6.07, 6.45) is 1.11. The molecule has 1 heterocycles. The molecule has 0 bridgehead atoms. The molecule has 2 aromatic carbocycles. The lowest BCUT2D eigenvalue weighted by atomic mass is 10.2. The third kappa shape index (κ3) is 4.09. The summed E-state index contributed by atoms with van der Waals surface area (Å²) < 4.78 is 6.43. The fourth-order valence-corrected chi connectivity index (χ4v) is 4.06. The molecule has 0 saturated heterocycles. The molecule has 3 nitrogen and oxygen atoms in total. The molecule has 0 unspecified atom stereocenters. The van der Waals surface area contributed by atoms with Gasteiger partial charge in [-0.05, 0) is 36.2 Å². The van der Waals surface area contributed by atoms with Gasteiger partial charge in [0.25, 0.3) is 0 Å². The van der Waals surface area contributed by atoms with E-state index in [1.165, 1.54) is 16.0 Å². The summed E-state index contributed by atoms with van der Waals surface area (Å²) in [4.78, 5) is 5.87. The van der Waals surface area contributed by atoms with Crippen LogP contribution in [0, 0.1) is 0 Å². The number of aliphatic imine (C=N–C) groups is 1. The van der Waals surface area contributed by atoms with Gasteiger partial charge in [0.2, 0.25) is 0 Å². The fourth-order valence-electron chi connectivity index (χ4n) is 2.45. The van der Waals surface area contributed by atoms with Crippen molar-refractivity contribution >= 4 is 33.5 Å². The zero-order chi connectivity index (χ0) is 16.1. The first-order valence-electron chi connectivity index (χ1n) is 7.61. The van der Waals surface area contributed by atoms with Crippen LogP contribution in [-0.4, -0.2) is 26.0 Å². The molecule has 120 valence electrons. The smallest absolute Gasteiger partial charge is 0.129 e. The maximum Gasteiger partial charge on any atom is 0.129 e. The highest BCUT2D eigenvalue weighted by molar-refractivity contribution is 9.10. The van der Waals surface area contributed by atoms with E-state index in [1.807, 2.05) is 23.9 Å². The Morgan fingerprint density at radius 1 is 1.26 bits per heavy atom. The lowest BCUT2D eigenvalue weighted by Crippen LogP contribution is -2.30. The van der Waals surface area contributed by atoms with Crippen molar-refractivity contribution in [3.8, 4) is 5.75 Å². The lowest BCUT2D eigenvalue weighted by Gasteiger charge is -2.17. The van der Waals surface area contributed by atoms with Crippen LogP contribution in [0.2, 0.25) is 0 Å². The zero-order valence-electron chi connectivity index (χ0n) is 13.0. The second kappa shape index (κ2) is 7.88. The van der Waals surface area contributed by atoms with Crippen LogP contribution in [0.15, 0.2) is 56.8 Å². The number of rotatable bonds is 5. The molecule has 0 aliphatic carbocycles. The van der Waals surface area contributed by atoms with Gasteiger partial charge in [0, 0.05) is 33.8 Å². The molecule has 0 atom stereocenters. The first kappa shape index (κ1) is 16.4. The van der Waals surface area contributed by atoms with Crippen molar-refractivity contribution in [3.05, 3.63) is 58.1 Å². The van der Waals surface area contributed by atoms with E-state index in [-0.39, 0.29) is 0 Å². The molecule has 1 aliphatic heterocycles. The van der Waals surface area contributed by atoms with Crippen LogP contribution in [0.4, 0.5) is 0 Å². The van der Waals surface area contributed by atoms with Crippen molar-refractivity contribution in [2.24, 2.45) is 4.99 Å². The van der Waals surface area contributed by atoms with Crippen molar-refractivity contribution in [1.29, 1.82) is 0 Å². The van der Waals surface area contributed by atoms with E-state index in [0.717, 1.165) is 41.3 Å². The largest absolute Gasteiger partial charge is 0.497 e. The Bertz CT molecular complexity index is 718. The van der Waals surface area contributed by atoms with Crippen LogP contribution in [0.5, 0.6) is 5.75 Å². The summed E-state index contributed by atoms with van der Waals surface area (Å²) in [7, 11) is 1.70. The minimum Gasteiger partial charge on any atom is -0.497 e. The summed E-state index contributed by atoms with van der Waals surface area (Å²) >= 11 is 5.44. The summed E-state index contributed by atoms with van der Waals surface area (Å²) in [6.45, 7) is 1.90. The Kier molecular flexibility index (Phi) is 5.62. The third-order valence-corrected chi connectivity index (χ3v) is 5.57. The van der Waals surface area contributed by atoms with Crippen molar-refractivity contribution in [3.63, 3.8) is 0 Å². The number of nitrogens with zero attached hydrogens (tertiary/aromatic N) is 1. The van der Waals surface area contributed by atoms with Gasteiger partial charge in [-0.15, -0.1) is 11.8 Å². The average molecular weight is 391 g/mol. The molecule has 0 saturated carbocycles. The number of amidine groups is 1. The Hall–Kier alpha value is -1.46. The lowest BCUT2D eigenvalue weighted by molar-refractivity contribution is 0.414. The minimum absolute atomic E-state index is 0.877. The number of ether oxygens (including phenoxy) is 1. The van der Waals surface area contributed by atoms with Gasteiger partial charge in [-0.2, -0.15) is 0 Å². The Labute approximate surface area is 149 Å². The van der Waals surface area contributed by atoms with Crippen LogP contribution in [-0.2, 0) is 5.75 Å². The Morgan fingerprint density at radius 3 is 2.91 bits per heavy atom. The molecule has 1 N–H and O–H groups in total. The minimum atomic E-state index is 0.877. The summed E-state index contributed by atoms with van der Waals surface area (Å²) in [5, 5.41) is 3.41. The average Bonchev–Trinajstić information content (AvgIpc) is 2.62. The molecule has 0 radical (unpaired) electrons. The molecule has 5 heteroatoms. The molecule has 0 aromatic heterocycles. The summed E-state index contributed by atoms with van der Waals surface area (Å²) in [6, 6.07) is 14.5. The van der Waals surface area contributed by atoms with Crippen LogP contribution >= 0.6 is 27.7 Å². The molecule has 2 aromatic rings. The molecule has 3 rings (SSSR count). The van der Waals surface area contributed by atoms with Crippen LogP contribution < -0.4 is 10.1 Å². The van der Waals surface area contributed by atoms with Crippen molar-refractivity contribution in [2.45, 2.75) is 17.1 Å². The predicted molar refractivity (Wildman–Crippen MR) is 101 cm³/mol. The highest BCUT2D eigenvalue weighted by Crippen LogP contribution is 2.31. The maximum atomic E-state index is 5.32. The second-order valence-corrected chi connectivity index (χ2v) is 7.12. The summed E-state index contributed by atoms with van der Waals surface area (Å²) in [5.41, 5.74) is 2.42. The van der Waals surface area contributed by atoms with Crippen LogP contribution in [0.25, 0.3) is 0 Å². The number of benzene rings is 2. The monoisotopic (exact) mass is 390 g/mol. The summed E-state index contributed by atoms with van der Waals surface area (Å²) in [5.74, 6) is 2.78. The number of nitrogens with one attached hydrogen (secondary N) is 1. The fraction of sp³-hybridized carbons (Fsp3) is 0.278. The maximum absolute atomic E-state index is 5.32. The van der Waals surface area contributed by atoms with Gasteiger partial charge in [-0.3, -0.25) is 4.99 Å². The topological polar surface area (TPSA) is 33.6 Å². The van der Waals surface area contributed by atoms with Gasteiger partial charge in [-0.1, -0.05) is 34.1 Å². The molecule has 0 amide bonds. The van der Waals surface area contributed by atoms with E-state index in [9.17, 15) is 0 Å². The highest BCUT2D eigenvalue weighted by atomic mass is 79.9.